The molecule has 3 aromatic rings. The monoisotopic (exact) mass is 426 g/mol. The average Bonchev–Trinajstić information content (AvgIpc) is 2.75. The molecular formula is C22H16ClFN2O4. The van der Waals surface area contributed by atoms with Crippen molar-refractivity contribution in [3.8, 4) is 11.5 Å². The summed E-state index contributed by atoms with van der Waals surface area (Å²) in [5.41, 5.74) is 3.27. The molecule has 0 saturated heterocycles. The third kappa shape index (κ3) is 6.15. The minimum Gasteiger partial charge on any atom is -0.484 e. The second-order valence-electron chi connectivity index (χ2n) is 5.97. The Morgan fingerprint density at radius 3 is 2.33 bits per heavy atom. The van der Waals surface area contributed by atoms with E-state index in [4.69, 9.17) is 21.1 Å². The topological polar surface area (TPSA) is 77.0 Å². The first-order valence-corrected chi connectivity index (χ1v) is 9.16. The molecule has 8 heteroatoms. The number of carbonyl (C=O) groups excluding carboxylic acids is 2. The first-order valence-electron chi connectivity index (χ1n) is 8.78. The Bertz CT molecular complexity index is 1050. The first-order chi connectivity index (χ1) is 14.5. The van der Waals surface area contributed by atoms with Crippen LogP contribution in [0.25, 0.3) is 0 Å². The molecule has 0 aliphatic carbocycles. The summed E-state index contributed by atoms with van der Waals surface area (Å²) in [6.07, 6.45) is 1.43. The van der Waals surface area contributed by atoms with E-state index in [9.17, 15) is 14.0 Å². The summed E-state index contributed by atoms with van der Waals surface area (Å²) in [6.45, 7) is -0.264. The lowest BCUT2D eigenvalue weighted by Crippen LogP contribution is -2.24. The lowest BCUT2D eigenvalue weighted by molar-refractivity contribution is -0.123. The molecule has 1 N–H and O–H groups in total. The fraction of sp³-hybridized carbons (Fsp3) is 0.0455. The lowest BCUT2D eigenvalue weighted by Gasteiger charge is -2.06. The molecule has 152 valence electrons. The molecule has 0 heterocycles. The van der Waals surface area contributed by atoms with Gasteiger partial charge in [0.1, 0.15) is 17.3 Å². The van der Waals surface area contributed by atoms with E-state index in [1.807, 2.05) is 0 Å². The fourth-order valence-electron chi connectivity index (χ4n) is 2.30. The fourth-order valence-corrected chi connectivity index (χ4v) is 2.51. The summed E-state index contributed by atoms with van der Waals surface area (Å²) in [7, 11) is 0. The lowest BCUT2D eigenvalue weighted by atomic mass is 10.2. The van der Waals surface area contributed by atoms with Crippen molar-refractivity contribution in [3.63, 3.8) is 0 Å². The van der Waals surface area contributed by atoms with E-state index in [0.29, 0.717) is 22.1 Å². The van der Waals surface area contributed by atoms with Crippen molar-refractivity contribution in [2.75, 3.05) is 6.61 Å². The Kier molecular flexibility index (Phi) is 7.13. The molecule has 1 amide bonds. The summed E-state index contributed by atoms with van der Waals surface area (Å²) in [5, 5.41) is 4.14. The Morgan fingerprint density at radius 2 is 1.63 bits per heavy atom. The highest BCUT2D eigenvalue weighted by atomic mass is 35.5. The van der Waals surface area contributed by atoms with Gasteiger partial charge in [-0.3, -0.25) is 4.79 Å². The molecule has 0 bridgehead atoms. The highest BCUT2D eigenvalue weighted by molar-refractivity contribution is 6.33. The van der Waals surface area contributed by atoms with Crippen molar-refractivity contribution >= 4 is 29.7 Å². The van der Waals surface area contributed by atoms with E-state index < -0.39 is 11.9 Å². The van der Waals surface area contributed by atoms with Crippen LogP contribution in [0.4, 0.5) is 4.39 Å². The predicted molar refractivity (Wildman–Crippen MR) is 110 cm³/mol. The zero-order chi connectivity index (χ0) is 21.3. The smallest absolute Gasteiger partial charge is 0.345 e. The number of amides is 1. The molecule has 0 atom stereocenters. The molecule has 0 spiro atoms. The van der Waals surface area contributed by atoms with Gasteiger partial charge in [0.15, 0.2) is 6.61 Å². The van der Waals surface area contributed by atoms with Crippen LogP contribution in [-0.4, -0.2) is 24.7 Å². The Morgan fingerprint density at radius 1 is 0.967 bits per heavy atom. The summed E-state index contributed by atoms with van der Waals surface area (Å²) in [4.78, 5) is 23.9. The Hall–Kier alpha value is -3.71. The van der Waals surface area contributed by atoms with Gasteiger partial charge in [0.2, 0.25) is 0 Å². The number of halogens is 2. The number of rotatable bonds is 7. The van der Waals surface area contributed by atoms with Crippen LogP contribution in [0.2, 0.25) is 5.02 Å². The van der Waals surface area contributed by atoms with E-state index in [0.717, 1.165) is 0 Å². The molecule has 0 fully saturated rings. The van der Waals surface area contributed by atoms with Gasteiger partial charge in [-0.25, -0.2) is 14.6 Å². The zero-order valence-electron chi connectivity index (χ0n) is 15.5. The predicted octanol–water partition coefficient (Wildman–Crippen LogP) is 4.23. The van der Waals surface area contributed by atoms with Gasteiger partial charge in [-0.15, -0.1) is 0 Å². The van der Waals surface area contributed by atoms with Gasteiger partial charge in [0, 0.05) is 0 Å². The summed E-state index contributed by atoms with van der Waals surface area (Å²) in [5.74, 6) is -0.705. The van der Waals surface area contributed by atoms with Crippen molar-refractivity contribution in [1.82, 2.24) is 5.43 Å². The quantitative estimate of drug-likeness (QED) is 0.265. The Balaban J connectivity index is 1.47. The zero-order valence-corrected chi connectivity index (χ0v) is 16.3. The molecule has 30 heavy (non-hydrogen) atoms. The summed E-state index contributed by atoms with van der Waals surface area (Å²) < 4.78 is 23.3. The Labute approximate surface area is 176 Å². The van der Waals surface area contributed by atoms with Crippen molar-refractivity contribution in [1.29, 1.82) is 0 Å². The normalized spacial score (nSPS) is 10.6. The van der Waals surface area contributed by atoms with Crippen LogP contribution in [0, 0.1) is 5.82 Å². The number of benzene rings is 3. The molecule has 0 aliphatic rings. The maximum Gasteiger partial charge on any atom is 0.345 e. The van der Waals surface area contributed by atoms with Crippen LogP contribution < -0.4 is 14.9 Å². The molecule has 0 unspecified atom stereocenters. The highest BCUT2D eigenvalue weighted by Crippen LogP contribution is 2.19. The standard InChI is InChI=1S/C22H16ClFN2O4/c23-20-4-2-1-3-19(20)22(28)30-18-9-5-15(6-10-18)13-25-26-21(27)14-29-17-11-7-16(24)8-12-17/h1-13H,14H2,(H,26,27)/b25-13+. The van der Waals surface area contributed by atoms with Crippen LogP contribution in [0.1, 0.15) is 15.9 Å². The molecule has 6 nitrogen and oxygen atoms in total. The van der Waals surface area contributed by atoms with Crippen LogP contribution >= 0.6 is 11.6 Å². The molecule has 0 radical (unpaired) electrons. The van der Waals surface area contributed by atoms with Crippen LogP contribution in [0.15, 0.2) is 77.9 Å². The van der Waals surface area contributed by atoms with Gasteiger partial charge in [-0.1, -0.05) is 23.7 Å². The second-order valence-corrected chi connectivity index (χ2v) is 6.38. The first kappa shape index (κ1) is 21.0. The minimum atomic E-state index is -0.560. The maximum atomic E-state index is 12.8. The SMILES string of the molecule is O=C(COc1ccc(F)cc1)N/N=C/c1ccc(OC(=O)c2ccccc2Cl)cc1. The van der Waals surface area contributed by atoms with Gasteiger partial charge >= 0.3 is 5.97 Å². The molecule has 0 aromatic heterocycles. The molecular weight excluding hydrogens is 411 g/mol. The number of esters is 1. The van der Waals surface area contributed by atoms with E-state index in [1.165, 1.54) is 30.5 Å². The third-order valence-electron chi connectivity index (χ3n) is 3.77. The van der Waals surface area contributed by atoms with Crippen LogP contribution in [0.3, 0.4) is 0 Å². The van der Waals surface area contributed by atoms with Gasteiger partial charge < -0.3 is 9.47 Å². The second kappa shape index (κ2) is 10.2. The van der Waals surface area contributed by atoms with Gasteiger partial charge in [-0.05, 0) is 66.2 Å². The van der Waals surface area contributed by atoms with Crippen molar-refractivity contribution in [2.24, 2.45) is 5.10 Å². The number of hydrazone groups is 1. The summed E-state index contributed by atoms with van der Waals surface area (Å²) >= 11 is 5.98. The van der Waals surface area contributed by atoms with E-state index in [-0.39, 0.29) is 18.0 Å². The van der Waals surface area contributed by atoms with Crippen molar-refractivity contribution in [2.45, 2.75) is 0 Å². The number of ether oxygens (including phenoxy) is 2. The third-order valence-corrected chi connectivity index (χ3v) is 4.10. The van der Waals surface area contributed by atoms with E-state index >= 15 is 0 Å². The van der Waals surface area contributed by atoms with Crippen LogP contribution in [0.5, 0.6) is 11.5 Å². The van der Waals surface area contributed by atoms with E-state index in [1.54, 1.807) is 48.5 Å². The number of hydrogen-bond acceptors (Lipinski definition) is 5. The molecule has 0 aliphatic heterocycles. The number of carbonyl (C=O) groups is 2. The number of nitrogens with zero attached hydrogens (tertiary/aromatic N) is 1. The van der Waals surface area contributed by atoms with Gasteiger partial charge in [0.05, 0.1) is 16.8 Å². The van der Waals surface area contributed by atoms with E-state index in [2.05, 4.69) is 10.5 Å². The minimum absolute atomic E-state index is 0.264. The van der Waals surface area contributed by atoms with Gasteiger partial charge in [0.25, 0.3) is 5.91 Å². The van der Waals surface area contributed by atoms with Gasteiger partial charge in [-0.2, -0.15) is 5.10 Å². The number of hydrogen-bond donors (Lipinski definition) is 1. The number of nitrogens with one attached hydrogen (secondary N) is 1. The van der Waals surface area contributed by atoms with Crippen molar-refractivity contribution < 1.29 is 23.5 Å². The molecule has 3 aromatic carbocycles. The van der Waals surface area contributed by atoms with Crippen LogP contribution in [-0.2, 0) is 4.79 Å². The molecule has 3 rings (SSSR count). The maximum absolute atomic E-state index is 12.8. The van der Waals surface area contributed by atoms with Crippen molar-refractivity contribution in [3.05, 3.63) is 94.8 Å². The largest absolute Gasteiger partial charge is 0.484 e. The summed E-state index contributed by atoms with van der Waals surface area (Å²) in [6, 6.07) is 18.4. The average molecular weight is 427 g/mol. The molecule has 0 saturated carbocycles. The highest BCUT2D eigenvalue weighted by Gasteiger charge is 2.11.